The third kappa shape index (κ3) is 9.13. The molecule has 48 heavy (non-hydrogen) atoms. The summed E-state index contributed by atoms with van der Waals surface area (Å²) in [6.45, 7) is 0. The lowest BCUT2D eigenvalue weighted by Crippen LogP contribution is -2.30. The molecule has 0 spiro atoms. The minimum Gasteiger partial charge on any atom is -0.478 e. The molecular formula is C37H27Cl2N3O5S. The molecule has 0 saturated heterocycles. The van der Waals surface area contributed by atoms with Crippen molar-refractivity contribution in [3.8, 4) is 0 Å². The van der Waals surface area contributed by atoms with E-state index in [4.69, 9.17) is 23.2 Å². The van der Waals surface area contributed by atoms with Gasteiger partial charge in [0.2, 0.25) is 5.91 Å². The summed E-state index contributed by atoms with van der Waals surface area (Å²) in [7, 11) is 0. The second-order valence-corrected chi connectivity index (χ2v) is 12.3. The van der Waals surface area contributed by atoms with Crippen molar-refractivity contribution in [2.75, 3.05) is 10.6 Å². The minimum absolute atomic E-state index is 0.00518. The molecule has 0 bridgehead atoms. The Morgan fingerprint density at radius 3 is 2.10 bits per heavy atom. The predicted molar refractivity (Wildman–Crippen MR) is 190 cm³/mol. The van der Waals surface area contributed by atoms with E-state index < -0.39 is 28.9 Å². The van der Waals surface area contributed by atoms with Crippen LogP contribution in [0, 0.1) is 0 Å². The lowest BCUT2D eigenvalue weighted by molar-refractivity contribution is -0.116. The molecule has 0 heterocycles. The van der Waals surface area contributed by atoms with E-state index in [0.29, 0.717) is 32.3 Å². The molecule has 3 amide bonds. The molecule has 1 atom stereocenters. The van der Waals surface area contributed by atoms with Gasteiger partial charge in [-0.15, -0.1) is 11.8 Å². The fourth-order valence-corrected chi connectivity index (χ4v) is 6.04. The number of benzene rings is 5. The molecule has 11 heteroatoms. The lowest BCUT2D eigenvalue weighted by atomic mass is 10.1. The second kappa shape index (κ2) is 16.0. The number of aromatic carboxylic acids is 1. The third-order valence-electron chi connectivity index (χ3n) is 6.84. The molecule has 240 valence electrons. The van der Waals surface area contributed by atoms with E-state index in [2.05, 4.69) is 16.0 Å². The lowest BCUT2D eigenvalue weighted by Gasteiger charge is -2.18. The van der Waals surface area contributed by atoms with E-state index in [1.54, 1.807) is 78.9 Å². The highest BCUT2D eigenvalue weighted by Gasteiger charge is 2.23. The van der Waals surface area contributed by atoms with Crippen LogP contribution in [-0.4, -0.2) is 28.8 Å². The first-order chi connectivity index (χ1) is 23.2. The van der Waals surface area contributed by atoms with Gasteiger partial charge in [0, 0.05) is 26.9 Å². The molecule has 0 aliphatic heterocycles. The molecule has 4 N–H and O–H groups in total. The zero-order chi connectivity index (χ0) is 34.0. The number of carbonyl (C=O) groups is 4. The summed E-state index contributed by atoms with van der Waals surface area (Å²) in [5, 5.41) is 17.6. The van der Waals surface area contributed by atoms with Crippen molar-refractivity contribution in [3.63, 3.8) is 0 Å². The van der Waals surface area contributed by atoms with Crippen molar-refractivity contribution >= 4 is 76.1 Å². The van der Waals surface area contributed by atoms with Gasteiger partial charge in [-0.05, 0) is 77.9 Å². The summed E-state index contributed by atoms with van der Waals surface area (Å²) in [4.78, 5) is 52.4. The Bertz CT molecular complexity index is 2010. The quantitative estimate of drug-likeness (QED) is 0.0811. The van der Waals surface area contributed by atoms with Crippen LogP contribution in [0.1, 0.15) is 37.1 Å². The number of carbonyl (C=O) groups excluding carboxylic acids is 3. The van der Waals surface area contributed by atoms with Crippen LogP contribution in [0.2, 0.25) is 10.0 Å². The molecule has 0 aliphatic carbocycles. The fourth-order valence-electron chi connectivity index (χ4n) is 4.56. The zero-order valence-corrected chi connectivity index (χ0v) is 27.4. The monoisotopic (exact) mass is 695 g/mol. The van der Waals surface area contributed by atoms with Crippen molar-refractivity contribution in [2.45, 2.75) is 10.1 Å². The Balaban J connectivity index is 1.38. The fraction of sp³-hybridized carbons (Fsp3) is 0.0270. The van der Waals surface area contributed by atoms with Gasteiger partial charge in [-0.2, -0.15) is 0 Å². The highest BCUT2D eigenvalue weighted by molar-refractivity contribution is 8.00. The van der Waals surface area contributed by atoms with Gasteiger partial charge in [0.15, 0.2) is 0 Å². The number of hydrogen-bond donors (Lipinski definition) is 4. The van der Waals surface area contributed by atoms with Crippen molar-refractivity contribution in [1.82, 2.24) is 5.32 Å². The maximum absolute atomic E-state index is 13.6. The van der Waals surface area contributed by atoms with Gasteiger partial charge in [-0.25, -0.2) is 4.79 Å². The molecule has 0 aliphatic rings. The molecule has 0 saturated carbocycles. The van der Waals surface area contributed by atoms with Crippen LogP contribution in [0.25, 0.3) is 6.08 Å². The Labute approximate surface area is 290 Å². The summed E-state index contributed by atoms with van der Waals surface area (Å²) < 4.78 is 0. The van der Waals surface area contributed by atoms with Gasteiger partial charge in [0.1, 0.15) is 10.9 Å². The number of halogens is 2. The van der Waals surface area contributed by atoms with E-state index in [1.165, 1.54) is 36.0 Å². The number of amides is 3. The number of carboxylic acid groups (broad SMARTS) is 1. The third-order valence-corrected chi connectivity index (χ3v) is 8.65. The molecule has 5 aromatic rings. The number of rotatable bonds is 11. The van der Waals surface area contributed by atoms with Crippen LogP contribution in [0.3, 0.4) is 0 Å². The van der Waals surface area contributed by atoms with Gasteiger partial charge < -0.3 is 21.1 Å². The standard InChI is InChI=1S/C37H27Cl2N3O5S/c38-26-14-7-9-23(19-26)20-32(42-34(43)25-12-5-2-6-13-25)35(44)40-27-15-8-16-29(21-27)48-33(24-10-3-1-4-11-24)36(45)41-28-17-18-31(39)30(22-28)37(46)47/h1-22,33H,(H,40,44)(H,41,45)(H,42,43)(H,46,47)/b32-20-. The first-order valence-corrected chi connectivity index (χ1v) is 16.1. The van der Waals surface area contributed by atoms with Crippen LogP contribution in [0.15, 0.2) is 138 Å². The van der Waals surface area contributed by atoms with Gasteiger partial charge in [-0.1, -0.05) is 89.9 Å². The Morgan fingerprint density at radius 2 is 1.40 bits per heavy atom. The highest BCUT2D eigenvalue weighted by Crippen LogP contribution is 2.37. The average molecular weight is 697 g/mol. The Kier molecular flexibility index (Phi) is 11.3. The van der Waals surface area contributed by atoms with Gasteiger partial charge in [0.05, 0.1) is 10.6 Å². The first kappa shape index (κ1) is 34.0. The van der Waals surface area contributed by atoms with Crippen molar-refractivity contribution in [1.29, 1.82) is 0 Å². The van der Waals surface area contributed by atoms with E-state index in [9.17, 15) is 24.3 Å². The smallest absolute Gasteiger partial charge is 0.337 e. The molecule has 0 fully saturated rings. The normalized spacial score (nSPS) is 11.7. The van der Waals surface area contributed by atoms with Crippen LogP contribution in [0.4, 0.5) is 11.4 Å². The number of hydrogen-bond acceptors (Lipinski definition) is 5. The summed E-state index contributed by atoms with van der Waals surface area (Å²) in [6.07, 6.45) is 1.53. The highest BCUT2D eigenvalue weighted by atomic mass is 35.5. The summed E-state index contributed by atoms with van der Waals surface area (Å²) in [5.74, 6) is -2.64. The first-order valence-electron chi connectivity index (χ1n) is 14.5. The van der Waals surface area contributed by atoms with Gasteiger partial charge in [0.25, 0.3) is 11.8 Å². The van der Waals surface area contributed by atoms with Crippen LogP contribution in [-0.2, 0) is 9.59 Å². The molecule has 0 radical (unpaired) electrons. The molecule has 5 aromatic carbocycles. The summed E-state index contributed by atoms with van der Waals surface area (Å²) in [5.41, 5.74) is 2.26. The van der Waals surface area contributed by atoms with Crippen LogP contribution < -0.4 is 16.0 Å². The van der Waals surface area contributed by atoms with Gasteiger partial charge >= 0.3 is 5.97 Å². The van der Waals surface area contributed by atoms with E-state index in [-0.39, 0.29) is 22.0 Å². The maximum Gasteiger partial charge on any atom is 0.337 e. The molecule has 1 unspecified atom stereocenters. The van der Waals surface area contributed by atoms with Crippen molar-refractivity contribution in [2.24, 2.45) is 0 Å². The summed E-state index contributed by atoms with van der Waals surface area (Å²) in [6, 6.07) is 35.7. The number of thioether (sulfide) groups is 1. The molecule has 0 aromatic heterocycles. The van der Waals surface area contributed by atoms with Gasteiger partial charge in [-0.3, -0.25) is 14.4 Å². The van der Waals surface area contributed by atoms with Crippen molar-refractivity contribution < 1.29 is 24.3 Å². The van der Waals surface area contributed by atoms with Crippen LogP contribution >= 0.6 is 35.0 Å². The largest absolute Gasteiger partial charge is 0.478 e. The number of nitrogens with one attached hydrogen (secondary N) is 3. The Hall–Kier alpha value is -5.35. The SMILES string of the molecule is O=C(Nc1cccc(SC(C(=O)Nc2ccc(Cl)c(C(=O)O)c2)c2ccccc2)c1)/C(=C/c1cccc(Cl)c1)NC(=O)c1ccccc1. The zero-order valence-electron chi connectivity index (χ0n) is 25.0. The topological polar surface area (TPSA) is 125 Å². The van der Waals surface area contributed by atoms with Crippen LogP contribution in [0.5, 0.6) is 0 Å². The number of carboxylic acids is 1. The molecule has 8 nitrogen and oxygen atoms in total. The van der Waals surface area contributed by atoms with E-state index in [1.807, 2.05) is 30.3 Å². The van der Waals surface area contributed by atoms with Crippen molar-refractivity contribution in [3.05, 3.63) is 165 Å². The predicted octanol–water partition coefficient (Wildman–Crippen LogP) is 8.57. The summed E-state index contributed by atoms with van der Waals surface area (Å²) >= 11 is 13.4. The maximum atomic E-state index is 13.6. The molecular weight excluding hydrogens is 669 g/mol. The second-order valence-electron chi connectivity index (χ2n) is 10.3. The minimum atomic E-state index is -1.21. The average Bonchev–Trinajstić information content (AvgIpc) is 3.08. The molecule has 5 rings (SSSR count). The van der Waals surface area contributed by atoms with E-state index >= 15 is 0 Å². The Morgan fingerprint density at radius 1 is 0.708 bits per heavy atom. The number of anilines is 2. The van der Waals surface area contributed by atoms with E-state index in [0.717, 1.165) is 0 Å².